The molecule has 0 saturated heterocycles. The number of methoxy groups -OCH3 is 1. The minimum Gasteiger partial charge on any atom is -0.497 e. The van der Waals surface area contributed by atoms with Crippen LogP contribution in [0.1, 0.15) is 31.0 Å². The maximum absolute atomic E-state index is 12.4. The third-order valence-electron chi connectivity index (χ3n) is 4.21. The van der Waals surface area contributed by atoms with Crippen LogP contribution in [-0.4, -0.2) is 35.7 Å². The summed E-state index contributed by atoms with van der Waals surface area (Å²) in [5, 5.41) is 2.98. The van der Waals surface area contributed by atoms with E-state index < -0.39 is 0 Å². The van der Waals surface area contributed by atoms with Crippen molar-refractivity contribution in [3.8, 4) is 5.75 Å². The molecule has 1 aromatic carbocycles. The Morgan fingerprint density at radius 1 is 1.35 bits per heavy atom. The van der Waals surface area contributed by atoms with Gasteiger partial charge in [-0.05, 0) is 36.2 Å². The number of nitrogens with one attached hydrogen (secondary N) is 1. The van der Waals surface area contributed by atoms with Crippen LogP contribution in [-0.2, 0) is 13.1 Å². The van der Waals surface area contributed by atoms with E-state index in [2.05, 4.69) is 35.5 Å². The van der Waals surface area contributed by atoms with Gasteiger partial charge in [-0.25, -0.2) is 4.79 Å². The quantitative estimate of drug-likeness (QED) is 0.516. The maximum Gasteiger partial charge on any atom is 0.318 e. The van der Waals surface area contributed by atoms with Gasteiger partial charge >= 0.3 is 6.03 Å². The lowest BCUT2D eigenvalue weighted by atomic mass is 10.2. The van der Waals surface area contributed by atoms with E-state index in [1.807, 2.05) is 30.5 Å². The highest BCUT2D eigenvalue weighted by Crippen LogP contribution is 2.16. The SMILES string of the molecule is C=CCN(Cc1cccn1Cc1cccc(OC)c1)C(=O)NCCCC. The first-order valence-corrected chi connectivity index (χ1v) is 9.08. The van der Waals surface area contributed by atoms with Gasteiger partial charge in [0.1, 0.15) is 5.75 Å². The number of unbranched alkanes of at least 4 members (excludes halogenated alkanes) is 1. The molecule has 2 rings (SSSR count). The minimum atomic E-state index is -0.0486. The summed E-state index contributed by atoms with van der Waals surface area (Å²) in [4.78, 5) is 14.2. The van der Waals surface area contributed by atoms with E-state index in [4.69, 9.17) is 4.74 Å². The zero-order chi connectivity index (χ0) is 18.8. The van der Waals surface area contributed by atoms with Crippen molar-refractivity contribution < 1.29 is 9.53 Å². The van der Waals surface area contributed by atoms with Gasteiger partial charge in [0, 0.05) is 31.5 Å². The van der Waals surface area contributed by atoms with Crippen molar-refractivity contribution in [3.63, 3.8) is 0 Å². The number of nitrogens with zero attached hydrogens (tertiary/aromatic N) is 2. The summed E-state index contributed by atoms with van der Waals surface area (Å²) < 4.78 is 7.45. The fraction of sp³-hybridized carbons (Fsp3) is 0.381. The van der Waals surface area contributed by atoms with Crippen LogP contribution < -0.4 is 10.1 Å². The summed E-state index contributed by atoms with van der Waals surface area (Å²) in [5.41, 5.74) is 2.24. The highest BCUT2D eigenvalue weighted by molar-refractivity contribution is 5.74. The largest absolute Gasteiger partial charge is 0.497 e. The number of amides is 2. The molecule has 0 aliphatic rings. The number of hydrogen-bond donors (Lipinski definition) is 1. The fourth-order valence-electron chi connectivity index (χ4n) is 2.77. The molecule has 5 heteroatoms. The highest BCUT2D eigenvalue weighted by atomic mass is 16.5. The van der Waals surface area contributed by atoms with Crippen LogP contribution in [0.25, 0.3) is 0 Å². The second kappa shape index (κ2) is 10.3. The molecule has 1 heterocycles. The molecule has 0 unspecified atom stereocenters. The van der Waals surface area contributed by atoms with Gasteiger partial charge in [0.25, 0.3) is 0 Å². The molecule has 26 heavy (non-hydrogen) atoms. The molecule has 0 fully saturated rings. The van der Waals surface area contributed by atoms with Crippen molar-refractivity contribution >= 4 is 6.03 Å². The van der Waals surface area contributed by atoms with Gasteiger partial charge < -0.3 is 19.5 Å². The van der Waals surface area contributed by atoms with Gasteiger partial charge in [-0.1, -0.05) is 31.6 Å². The topological polar surface area (TPSA) is 46.5 Å². The van der Waals surface area contributed by atoms with Gasteiger partial charge in [-0.3, -0.25) is 0 Å². The number of ether oxygens (including phenoxy) is 1. The molecule has 0 aliphatic carbocycles. The van der Waals surface area contributed by atoms with Crippen LogP contribution in [0.2, 0.25) is 0 Å². The molecule has 0 saturated carbocycles. The molecule has 0 aliphatic heterocycles. The van der Waals surface area contributed by atoms with E-state index >= 15 is 0 Å². The van der Waals surface area contributed by atoms with Gasteiger partial charge in [-0.2, -0.15) is 0 Å². The van der Waals surface area contributed by atoms with Crippen LogP contribution in [0.15, 0.2) is 55.3 Å². The molecular weight excluding hydrogens is 326 g/mol. The molecule has 2 aromatic rings. The van der Waals surface area contributed by atoms with Gasteiger partial charge in [0.05, 0.1) is 13.7 Å². The minimum absolute atomic E-state index is 0.0486. The summed E-state index contributed by atoms with van der Waals surface area (Å²) in [5.74, 6) is 0.847. The third kappa shape index (κ3) is 5.69. The molecular formula is C21H29N3O2. The lowest BCUT2D eigenvalue weighted by molar-refractivity contribution is 0.199. The average Bonchev–Trinajstić information content (AvgIpc) is 3.08. The average molecular weight is 355 g/mol. The predicted octanol–water partition coefficient (Wildman–Crippen LogP) is 4.04. The Bertz CT molecular complexity index is 709. The number of urea groups is 1. The van der Waals surface area contributed by atoms with Crippen molar-refractivity contribution in [2.45, 2.75) is 32.9 Å². The second-order valence-electron chi connectivity index (χ2n) is 6.23. The Hall–Kier alpha value is -2.69. The molecule has 0 radical (unpaired) electrons. The maximum atomic E-state index is 12.4. The lowest BCUT2D eigenvalue weighted by Gasteiger charge is -2.22. The molecule has 0 atom stereocenters. The molecule has 140 valence electrons. The molecule has 0 spiro atoms. The Kier molecular flexibility index (Phi) is 7.80. The number of rotatable bonds is 10. The standard InChI is InChI=1S/C21H29N3O2/c1-4-6-12-22-21(25)24(13-5-2)17-19-10-8-14-23(19)16-18-9-7-11-20(15-18)26-3/h5,7-11,14-15H,2,4,6,12-13,16-17H2,1,3H3,(H,22,25). The molecule has 1 N–H and O–H groups in total. The molecule has 5 nitrogen and oxygen atoms in total. The second-order valence-corrected chi connectivity index (χ2v) is 6.23. The number of carbonyl (C=O) groups is 1. The number of carbonyl (C=O) groups excluding carboxylic acids is 1. The smallest absolute Gasteiger partial charge is 0.318 e. The first-order chi connectivity index (χ1) is 12.7. The zero-order valence-electron chi connectivity index (χ0n) is 15.8. The molecule has 0 bridgehead atoms. The first kappa shape index (κ1) is 19.6. The van der Waals surface area contributed by atoms with Crippen LogP contribution in [0.5, 0.6) is 5.75 Å². The number of benzene rings is 1. The molecule has 1 aromatic heterocycles. The van der Waals surface area contributed by atoms with Gasteiger partial charge in [-0.15, -0.1) is 6.58 Å². The summed E-state index contributed by atoms with van der Waals surface area (Å²) in [6, 6.07) is 12.0. The summed E-state index contributed by atoms with van der Waals surface area (Å²) >= 11 is 0. The zero-order valence-corrected chi connectivity index (χ0v) is 15.8. The van der Waals surface area contributed by atoms with Gasteiger partial charge in [0.2, 0.25) is 0 Å². The van der Waals surface area contributed by atoms with Crippen LogP contribution in [0.3, 0.4) is 0 Å². The lowest BCUT2D eigenvalue weighted by Crippen LogP contribution is -2.40. The van der Waals surface area contributed by atoms with E-state index in [0.717, 1.165) is 36.4 Å². The Labute approximate surface area is 156 Å². The van der Waals surface area contributed by atoms with E-state index in [9.17, 15) is 4.79 Å². The fourth-order valence-corrected chi connectivity index (χ4v) is 2.77. The molecule has 2 amide bonds. The van der Waals surface area contributed by atoms with Crippen LogP contribution >= 0.6 is 0 Å². The summed E-state index contributed by atoms with van der Waals surface area (Å²) in [6.45, 7) is 8.38. The first-order valence-electron chi connectivity index (χ1n) is 9.08. The number of aromatic nitrogens is 1. The monoisotopic (exact) mass is 355 g/mol. The Morgan fingerprint density at radius 2 is 2.19 bits per heavy atom. The third-order valence-corrected chi connectivity index (χ3v) is 4.21. The van der Waals surface area contributed by atoms with Crippen molar-refractivity contribution in [1.82, 2.24) is 14.8 Å². The van der Waals surface area contributed by atoms with Crippen molar-refractivity contribution in [1.29, 1.82) is 0 Å². The summed E-state index contributed by atoms with van der Waals surface area (Å²) in [7, 11) is 1.67. The van der Waals surface area contributed by atoms with Crippen molar-refractivity contribution in [3.05, 3.63) is 66.5 Å². The Morgan fingerprint density at radius 3 is 2.92 bits per heavy atom. The van der Waals surface area contributed by atoms with Crippen LogP contribution in [0, 0.1) is 0 Å². The van der Waals surface area contributed by atoms with Gasteiger partial charge in [0.15, 0.2) is 0 Å². The van der Waals surface area contributed by atoms with E-state index in [1.165, 1.54) is 0 Å². The predicted molar refractivity (Wildman–Crippen MR) is 105 cm³/mol. The Balaban J connectivity index is 2.06. The van der Waals surface area contributed by atoms with Crippen LogP contribution in [0.4, 0.5) is 4.79 Å². The number of hydrogen-bond acceptors (Lipinski definition) is 2. The summed E-state index contributed by atoms with van der Waals surface area (Å²) in [6.07, 6.45) is 5.84. The van der Waals surface area contributed by atoms with Crippen molar-refractivity contribution in [2.75, 3.05) is 20.2 Å². The van der Waals surface area contributed by atoms with E-state index in [-0.39, 0.29) is 6.03 Å². The van der Waals surface area contributed by atoms with E-state index in [0.29, 0.717) is 19.6 Å². The van der Waals surface area contributed by atoms with E-state index in [1.54, 1.807) is 18.1 Å². The van der Waals surface area contributed by atoms with Crippen molar-refractivity contribution in [2.24, 2.45) is 0 Å². The normalized spacial score (nSPS) is 10.4. The highest BCUT2D eigenvalue weighted by Gasteiger charge is 2.14.